The van der Waals surface area contributed by atoms with Crippen LogP contribution in [0.3, 0.4) is 0 Å². The maximum Gasteiger partial charge on any atom is 0.181 e. The van der Waals surface area contributed by atoms with Gasteiger partial charge in [-0.3, -0.25) is 4.68 Å². The number of aryl methyl sites for hydroxylation is 2. The number of benzene rings is 1. The van der Waals surface area contributed by atoms with Gasteiger partial charge in [0.05, 0.1) is 0 Å². The van der Waals surface area contributed by atoms with Gasteiger partial charge in [0.1, 0.15) is 6.61 Å². The molecule has 0 unspecified atom stereocenters. The van der Waals surface area contributed by atoms with E-state index in [1.807, 2.05) is 7.05 Å². The Morgan fingerprint density at radius 1 is 1.23 bits per heavy atom. The SMILES string of the molecule is COCc1nc(-c2ccc3c(c2)c(C(C)C)cn3C)nn1C. The summed E-state index contributed by atoms with van der Waals surface area (Å²) in [7, 11) is 5.65. The van der Waals surface area contributed by atoms with Crippen molar-refractivity contribution in [1.29, 1.82) is 0 Å². The van der Waals surface area contributed by atoms with E-state index in [1.165, 1.54) is 16.5 Å². The van der Waals surface area contributed by atoms with Crippen molar-refractivity contribution in [3.05, 3.63) is 35.8 Å². The Morgan fingerprint density at radius 2 is 2.00 bits per heavy atom. The molecule has 5 heteroatoms. The summed E-state index contributed by atoms with van der Waals surface area (Å²) >= 11 is 0. The molecule has 1 aromatic carbocycles. The van der Waals surface area contributed by atoms with Gasteiger partial charge in [-0.25, -0.2) is 4.98 Å². The van der Waals surface area contributed by atoms with Crippen LogP contribution in [-0.2, 0) is 25.4 Å². The zero-order valence-corrected chi connectivity index (χ0v) is 13.8. The monoisotopic (exact) mass is 298 g/mol. The second kappa shape index (κ2) is 5.57. The first-order valence-electron chi connectivity index (χ1n) is 7.49. The lowest BCUT2D eigenvalue weighted by atomic mass is 10.0. The van der Waals surface area contributed by atoms with E-state index in [0.29, 0.717) is 12.5 Å². The molecule has 0 spiro atoms. The van der Waals surface area contributed by atoms with Crippen molar-refractivity contribution in [2.45, 2.75) is 26.4 Å². The van der Waals surface area contributed by atoms with Crippen molar-refractivity contribution in [2.24, 2.45) is 14.1 Å². The molecule has 5 nitrogen and oxygen atoms in total. The zero-order valence-electron chi connectivity index (χ0n) is 13.8. The fourth-order valence-corrected chi connectivity index (χ4v) is 2.82. The average molecular weight is 298 g/mol. The van der Waals surface area contributed by atoms with Crippen LogP contribution in [0.25, 0.3) is 22.3 Å². The van der Waals surface area contributed by atoms with Crippen LogP contribution < -0.4 is 0 Å². The predicted octanol–water partition coefficient (Wildman–Crippen LogP) is 3.24. The maximum absolute atomic E-state index is 5.16. The molecule has 3 aromatic rings. The lowest BCUT2D eigenvalue weighted by Crippen LogP contribution is -2.00. The van der Waals surface area contributed by atoms with Crippen LogP contribution in [0.2, 0.25) is 0 Å². The van der Waals surface area contributed by atoms with Gasteiger partial charge in [-0.2, -0.15) is 5.10 Å². The molecule has 116 valence electrons. The highest BCUT2D eigenvalue weighted by atomic mass is 16.5. The van der Waals surface area contributed by atoms with Gasteiger partial charge in [0.2, 0.25) is 0 Å². The van der Waals surface area contributed by atoms with Crippen LogP contribution in [-0.4, -0.2) is 26.4 Å². The van der Waals surface area contributed by atoms with Crippen molar-refractivity contribution in [1.82, 2.24) is 19.3 Å². The lowest BCUT2D eigenvalue weighted by Gasteiger charge is -2.03. The predicted molar refractivity (Wildman–Crippen MR) is 87.7 cm³/mol. The second-order valence-electron chi connectivity index (χ2n) is 5.99. The van der Waals surface area contributed by atoms with Crippen molar-refractivity contribution < 1.29 is 4.74 Å². The normalized spacial score (nSPS) is 11.7. The van der Waals surface area contributed by atoms with Gasteiger partial charge in [0, 0.05) is 43.9 Å². The number of ether oxygens (including phenoxy) is 1. The van der Waals surface area contributed by atoms with Crippen LogP contribution in [0.4, 0.5) is 0 Å². The fourth-order valence-electron chi connectivity index (χ4n) is 2.82. The molecule has 0 bridgehead atoms. The van der Waals surface area contributed by atoms with Gasteiger partial charge in [-0.05, 0) is 29.7 Å². The number of hydrogen-bond donors (Lipinski definition) is 0. The summed E-state index contributed by atoms with van der Waals surface area (Å²) < 4.78 is 9.11. The molecule has 22 heavy (non-hydrogen) atoms. The van der Waals surface area contributed by atoms with Crippen molar-refractivity contribution in [3.63, 3.8) is 0 Å². The number of aromatic nitrogens is 4. The van der Waals surface area contributed by atoms with Gasteiger partial charge < -0.3 is 9.30 Å². The largest absolute Gasteiger partial charge is 0.377 e. The van der Waals surface area contributed by atoms with Crippen LogP contribution in [0.5, 0.6) is 0 Å². The summed E-state index contributed by atoms with van der Waals surface area (Å²) in [5.74, 6) is 2.06. The van der Waals surface area contributed by atoms with E-state index in [0.717, 1.165) is 17.2 Å². The molecule has 0 aliphatic rings. The standard InChI is InChI=1S/C17H22N4O/c1-11(2)14-9-20(3)15-7-6-12(8-13(14)15)17-18-16(10-22-5)21(4)19-17/h6-9,11H,10H2,1-5H3. The topological polar surface area (TPSA) is 44.9 Å². The van der Waals surface area contributed by atoms with E-state index >= 15 is 0 Å². The number of hydrogen-bond acceptors (Lipinski definition) is 3. The summed E-state index contributed by atoms with van der Waals surface area (Å²) in [4.78, 5) is 4.58. The average Bonchev–Trinajstić information content (AvgIpc) is 3.01. The minimum absolute atomic E-state index is 0.467. The molecule has 0 aliphatic heterocycles. The molecule has 0 amide bonds. The molecule has 0 saturated heterocycles. The Hall–Kier alpha value is -2.14. The zero-order chi connectivity index (χ0) is 15.9. The number of nitrogens with zero attached hydrogens (tertiary/aromatic N) is 4. The smallest absolute Gasteiger partial charge is 0.181 e. The summed E-state index contributed by atoms with van der Waals surface area (Å²) in [5, 5.41) is 5.78. The molecule has 2 heterocycles. The molecule has 0 N–H and O–H groups in total. The summed E-state index contributed by atoms with van der Waals surface area (Å²) in [6, 6.07) is 6.41. The molecule has 0 aliphatic carbocycles. The van der Waals surface area contributed by atoms with E-state index in [2.05, 4.69) is 59.9 Å². The first-order chi connectivity index (χ1) is 10.5. The van der Waals surface area contributed by atoms with Gasteiger partial charge in [-0.15, -0.1) is 0 Å². The summed E-state index contributed by atoms with van der Waals surface area (Å²) in [6.45, 7) is 4.91. The number of fused-ring (bicyclic) bond motifs is 1. The highest BCUT2D eigenvalue weighted by Gasteiger charge is 2.14. The van der Waals surface area contributed by atoms with E-state index < -0.39 is 0 Å². The second-order valence-corrected chi connectivity index (χ2v) is 5.99. The van der Waals surface area contributed by atoms with Crippen molar-refractivity contribution in [2.75, 3.05) is 7.11 Å². The van der Waals surface area contributed by atoms with E-state index in [1.54, 1.807) is 11.8 Å². The molecular weight excluding hydrogens is 276 g/mol. The number of methoxy groups -OCH3 is 1. The van der Waals surface area contributed by atoms with Gasteiger partial charge in [-0.1, -0.05) is 13.8 Å². The minimum Gasteiger partial charge on any atom is -0.377 e. The first kappa shape index (κ1) is 14.8. The Bertz CT molecular complexity index is 814. The third-order valence-corrected chi connectivity index (χ3v) is 4.03. The third kappa shape index (κ3) is 2.41. The van der Waals surface area contributed by atoms with Crippen LogP contribution in [0, 0.1) is 0 Å². The Kier molecular flexibility index (Phi) is 3.74. The highest BCUT2D eigenvalue weighted by Crippen LogP contribution is 2.30. The number of rotatable bonds is 4. The van der Waals surface area contributed by atoms with Crippen molar-refractivity contribution >= 4 is 10.9 Å². The maximum atomic E-state index is 5.16. The van der Waals surface area contributed by atoms with E-state index in [4.69, 9.17) is 4.74 Å². The Morgan fingerprint density at radius 3 is 2.68 bits per heavy atom. The van der Waals surface area contributed by atoms with Crippen molar-refractivity contribution in [3.8, 4) is 11.4 Å². The molecule has 0 fully saturated rings. The van der Waals surface area contributed by atoms with Crippen LogP contribution in [0.15, 0.2) is 24.4 Å². The van der Waals surface area contributed by atoms with Gasteiger partial charge in [0.25, 0.3) is 0 Å². The van der Waals surface area contributed by atoms with Gasteiger partial charge >= 0.3 is 0 Å². The molecule has 0 radical (unpaired) electrons. The highest BCUT2D eigenvalue weighted by molar-refractivity contribution is 5.88. The summed E-state index contributed by atoms with van der Waals surface area (Å²) in [5.41, 5.74) is 3.63. The lowest BCUT2D eigenvalue weighted by molar-refractivity contribution is 0.174. The first-order valence-corrected chi connectivity index (χ1v) is 7.49. The van der Waals surface area contributed by atoms with E-state index in [9.17, 15) is 0 Å². The summed E-state index contributed by atoms with van der Waals surface area (Å²) in [6.07, 6.45) is 2.21. The fraction of sp³-hybridized carbons (Fsp3) is 0.412. The van der Waals surface area contributed by atoms with Crippen LogP contribution in [0.1, 0.15) is 31.2 Å². The minimum atomic E-state index is 0.467. The molecular formula is C17H22N4O. The Balaban J connectivity index is 2.12. The molecule has 0 saturated carbocycles. The quantitative estimate of drug-likeness (QED) is 0.742. The molecule has 2 aromatic heterocycles. The molecule has 0 atom stereocenters. The van der Waals surface area contributed by atoms with Crippen LogP contribution >= 0.6 is 0 Å². The third-order valence-electron chi connectivity index (χ3n) is 4.03. The Labute approximate surface area is 130 Å². The van der Waals surface area contributed by atoms with E-state index in [-0.39, 0.29) is 0 Å². The molecule has 3 rings (SSSR count). The van der Waals surface area contributed by atoms with Gasteiger partial charge in [0.15, 0.2) is 11.6 Å².